The molecule has 0 fully saturated rings. The Hall–Kier alpha value is -1.53. The first-order valence-electron chi connectivity index (χ1n) is 5.49. The van der Waals surface area contributed by atoms with Crippen LogP contribution in [0.4, 0.5) is 5.69 Å². The summed E-state index contributed by atoms with van der Waals surface area (Å²) in [6.07, 6.45) is 1.54. The van der Waals surface area contributed by atoms with Crippen LogP contribution in [0.5, 0.6) is 5.75 Å². The molecule has 1 aromatic rings. The van der Waals surface area contributed by atoms with E-state index in [0.717, 1.165) is 0 Å². The van der Waals surface area contributed by atoms with Gasteiger partial charge in [0.15, 0.2) is 0 Å². The molecule has 0 aliphatic carbocycles. The predicted octanol–water partition coefficient (Wildman–Crippen LogP) is 1.10. The van der Waals surface area contributed by atoms with E-state index in [1.807, 2.05) is 0 Å². The Labute approximate surface area is 108 Å². The van der Waals surface area contributed by atoms with Gasteiger partial charge in [0.05, 0.1) is 11.4 Å². The lowest BCUT2D eigenvalue weighted by Gasteiger charge is -2.15. The average molecular weight is 270 g/mol. The topological polar surface area (TPSA) is 72.6 Å². The van der Waals surface area contributed by atoms with Crippen LogP contribution in [-0.2, 0) is 10.0 Å². The summed E-state index contributed by atoms with van der Waals surface area (Å²) in [7, 11) is -1.80. The van der Waals surface area contributed by atoms with Gasteiger partial charge in [0.25, 0.3) is 0 Å². The third kappa shape index (κ3) is 4.05. The van der Waals surface area contributed by atoms with Crippen molar-refractivity contribution in [3.63, 3.8) is 0 Å². The minimum atomic E-state index is -3.31. The third-order valence-corrected chi connectivity index (χ3v) is 4.16. The monoisotopic (exact) mass is 270 g/mol. The van der Waals surface area contributed by atoms with Gasteiger partial charge in [0.2, 0.25) is 10.0 Å². The first-order chi connectivity index (χ1) is 8.47. The normalized spacial score (nSPS) is 11.4. The fourth-order valence-electron chi connectivity index (χ4n) is 1.32. The van der Waals surface area contributed by atoms with Crippen LogP contribution in [0.2, 0.25) is 0 Å². The fraction of sp³-hybridized carbons (Fsp3) is 0.333. The molecule has 18 heavy (non-hydrogen) atoms. The number of nitrogens with two attached hydrogens (primary N) is 1. The molecule has 0 aliphatic heterocycles. The molecule has 0 aliphatic rings. The van der Waals surface area contributed by atoms with Crippen LogP contribution >= 0.6 is 0 Å². The first kappa shape index (κ1) is 14.5. The highest BCUT2D eigenvalue weighted by atomic mass is 32.2. The highest BCUT2D eigenvalue weighted by molar-refractivity contribution is 7.89. The molecule has 0 bridgehead atoms. The summed E-state index contributed by atoms with van der Waals surface area (Å²) in [5.74, 6) is 0.408. The standard InChI is InChI=1S/C12H18N2O3S/c1-3-8-14(2)18(15,16)10-9-17-12-7-5-4-6-11(12)13/h3-7H,1,8-10,13H2,2H3. The molecule has 0 aromatic heterocycles. The van der Waals surface area contributed by atoms with Gasteiger partial charge in [0, 0.05) is 13.6 Å². The van der Waals surface area contributed by atoms with E-state index < -0.39 is 10.0 Å². The van der Waals surface area contributed by atoms with Crippen molar-refractivity contribution in [1.82, 2.24) is 4.31 Å². The lowest BCUT2D eigenvalue weighted by molar-refractivity contribution is 0.339. The quantitative estimate of drug-likeness (QED) is 0.595. The van der Waals surface area contributed by atoms with Gasteiger partial charge in [-0.05, 0) is 12.1 Å². The summed E-state index contributed by atoms with van der Waals surface area (Å²) in [4.78, 5) is 0. The summed E-state index contributed by atoms with van der Waals surface area (Å²) >= 11 is 0. The molecule has 1 aromatic carbocycles. The molecule has 0 radical (unpaired) electrons. The maximum atomic E-state index is 11.8. The highest BCUT2D eigenvalue weighted by Gasteiger charge is 2.16. The zero-order valence-electron chi connectivity index (χ0n) is 10.4. The van der Waals surface area contributed by atoms with E-state index >= 15 is 0 Å². The Kier molecular flexibility index (Phi) is 5.18. The molecule has 0 saturated heterocycles. The number of nitrogen functional groups attached to an aromatic ring is 1. The van der Waals surface area contributed by atoms with E-state index in [1.165, 1.54) is 17.4 Å². The molecule has 100 valence electrons. The predicted molar refractivity (Wildman–Crippen MR) is 73.0 cm³/mol. The van der Waals surface area contributed by atoms with E-state index in [0.29, 0.717) is 11.4 Å². The van der Waals surface area contributed by atoms with Gasteiger partial charge in [-0.3, -0.25) is 0 Å². The molecule has 2 N–H and O–H groups in total. The maximum absolute atomic E-state index is 11.8. The summed E-state index contributed by atoms with van der Waals surface area (Å²) < 4.78 is 30.1. The van der Waals surface area contributed by atoms with Crippen molar-refractivity contribution in [2.75, 3.05) is 31.7 Å². The number of anilines is 1. The Balaban J connectivity index is 2.52. The van der Waals surface area contributed by atoms with Crippen LogP contribution in [0.3, 0.4) is 0 Å². The number of sulfonamides is 1. The molecule has 1 rings (SSSR count). The van der Waals surface area contributed by atoms with E-state index in [4.69, 9.17) is 10.5 Å². The van der Waals surface area contributed by atoms with E-state index in [2.05, 4.69) is 6.58 Å². The Morgan fingerprint density at radius 1 is 1.44 bits per heavy atom. The summed E-state index contributed by atoms with van der Waals surface area (Å²) in [6.45, 7) is 3.85. The Morgan fingerprint density at radius 3 is 2.72 bits per heavy atom. The molecule has 6 heteroatoms. The van der Waals surface area contributed by atoms with Crippen molar-refractivity contribution in [2.24, 2.45) is 0 Å². The first-order valence-corrected chi connectivity index (χ1v) is 7.10. The van der Waals surface area contributed by atoms with Gasteiger partial charge in [-0.1, -0.05) is 18.2 Å². The number of benzene rings is 1. The SMILES string of the molecule is C=CCN(C)S(=O)(=O)CCOc1ccccc1N. The summed E-state index contributed by atoms with van der Waals surface area (Å²) in [5, 5.41) is 0. The van der Waals surface area contributed by atoms with Crippen LogP contribution in [-0.4, -0.2) is 38.7 Å². The van der Waals surface area contributed by atoms with Crippen LogP contribution in [0.15, 0.2) is 36.9 Å². The van der Waals surface area contributed by atoms with Crippen molar-refractivity contribution in [3.05, 3.63) is 36.9 Å². The van der Waals surface area contributed by atoms with E-state index in [9.17, 15) is 8.42 Å². The second kappa shape index (κ2) is 6.42. The van der Waals surface area contributed by atoms with Crippen molar-refractivity contribution >= 4 is 15.7 Å². The number of hydrogen-bond donors (Lipinski definition) is 1. The van der Waals surface area contributed by atoms with Crippen molar-refractivity contribution in [3.8, 4) is 5.75 Å². The fourth-order valence-corrected chi connectivity index (χ4v) is 2.26. The van der Waals surface area contributed by atoms with Gasteiger partial charge >= 0.3 is 0 Å². The number of likely N-dealkylation sites (N-methyl/N-ethyl adjacent to an activating group) is 1. The van der Waals surface area contributed by atoms with Gasteiger partial charge in [-0.15, -0.1) is 6.58 Å². The van der Waals surface area contributed by atoms with Gasteiger partial charge < -0.3 is 10.5 Å². The second-order valence-electron chi connectivity index (χ2n) is 3.77. The van der Waals surface area contributed by atoms with Gasteiger partial charge in [-0.2, -0.15) is 0 Å². The number of rotatable bonds is 7. The van der Waals surface area contributed by atoms with Crippen molar-refractivity contribution in [1.29, 1.82) is 0 Å². The number of ether oxygens (including phenoxy) is 1. The Morgan fingerprint density at radius 2 is 2.11 bits per heavy atom. The average Bonchev–Trinajstić information content (AvgIpc) is 2.32. The molecular formula is C12H18N2O3S. The van der Waals surface area contributed by atoms with Gasteiger partial charge in [-0.25, -0.2) is 12.7 Å². The smallest absolute Gasteiger partial charge is 0.217 e. The van der Waals surface area contributed by atoms with Crippen LogP contribution < -0.4 is 10.5 Å². The van der Waals surface area contributed by atoms with E-state index in [1.54, 1.807) is 24.3 Å². The molecule has 0 amide bonds. The molecule has 0 heterocycles. The van der Waals surface area contributed by atoms with Crippen LogP contribution in [0.1, 0.15) is 0 Å². The van der Waals surface area contributed by atoms with Gasteiger partial charge in [0.1, 0.15) is 12.4 Å². The van der Waals surface area contributed by atoms with Crippen molar-refractivity contribution < 1.29 is 13.2 Å². The Bertz CT molecular complexity index is 500. The largest absolute Gasteiger partial charge is 0.490 e. The van der Waals surface area contributed by atoms with Crippen molar-refractivity contribution in [2.45, 2.75) is 0 Å². The highest BCUT2D eigenvalue weighted by Crippen LogP contribution is 2.19. The van der Waals surface area contributed by atoms with Crippen LogP contribution in [0.25, 0.3) is 0 Å². The molecule has 0 spiro atoms. The molecule has 5 nitrogen and oxygen atoms in total. The third-order valence-electron chi connectivity index (χ3n) is 2.38. The number of para-hydroxylation sites is 2. The van der Waals surface area contributed by atoms with E-state index in [-0.39, 0.29) is 18.9 Å². The lowest BCUT2D eigenvalue weighted by Crippen LogP contribution is -2.31. The summed E-state index contributed by atoms with van der Waals surface area (Å²) in [5.41, 5.74) is 6.17. The zero-order chi connectivity index (χ0) is 13.6. The zero-order valence-corrected chi connectivity index (χ0v) is 11.2. The molecule has 0 saturated carbocycles. The number of hydrogen-bond acceptors (Lipinski definition) is 4. The molecule has 0 atom stereocenters. The van der Waals surface area contributed by atoms with Crippen LogP contribution in [0, 0.1) is 0 Å². The summed E-state index contributed by atoms with van der Waals surface area (Å²) in [6, 6.07) is 6.98. The maximum Gasteiger partial charge on any atom is 0.217 e. The number of nitrogens with zero attached hydrogens (tertiary/aromatic N) is 1. The minimum absolute atomic E-state index is 0.0675. The molecular weight excluding hydrogens is 252 g/mol. The second-order valence-corrected chi connectivity index (χ2v) is 5.97. The minimum Gasteiger partial charge on any atom is -0.490 e. The molecule has 0 unspecified atom stereocenters. The lowest BCUT2D eigenvalue weighted by atomic mass is 10.3.